The number of nitrogens with one attached hydrogen (secondary N) is 2. The van der Waals surface area contributed by atoms with Crippen LogP contribution in [0.15, 0.2) is 53.4 Å². The molecule has 0 bridgehead atoms. The third-order valence-electron chi connectivity index (χ3n) is 3.81. The van der Waals surface area contributed by atoms with Crippen molar-refractivity contribution < 1.29 is 18.1 Å². The molecule has 1 heterocycles. The largest absolute Gasteiger partial charge is 0.371 e. The molecule has 0 radical (unpaired) electrons. The van der Waals surface area contributed by atoms with Crippen LogP contribution in [0.25, 0.3) is 0 Å². The van der Waals surface area contributed by atoms with Crippen molar-refractivity contribution in [3.05, 3.63) is 64.2 Å². The molecule has 9 heteroatoms. The minimum absolute atomic E-state index is 0.0744. The van der Waals surface area contributed by atoms with E-state index in [-0.39, 0.29) is 11.0 Å². The van der Waals surface area contributed by atoms with Crippen molar-refractivity contribution in [3.63, 3.8) is 0 Å². The molecule has 1 aliphatic heterocycles. The maximum Gasteiger partial charge on any atom is 0.289 e. The molecule has 1 aliphatic rings. The van der Waals surface area contributed by atoms with E-state index in [1.165, 1.54) is 18.2 Å². The molecule has 132 valence electrons. The predicted molar refractivity (Wildman–Crippen MR) is 91.9 cm³/mol. The molecular formula is C16H17N3O5S. The number of para-hydroxylation sites is 1. The lowest BCUT2D eigenvalue weighted by atomic mass is 10.1. The van der Waals surface area contributed by atoms with Crippen molar-refractivity contribution in [1.82, 2.24) is 5.32 Å². The maximum absolute atomic E-state index is 12.5. The first-order valence-corrected chi connectivity index (χ1v) is 9.14. The monoisotopic (exact) mass is 363 g/mol. The number of sulfonamides is 1. The molecule has 0 spiro atoms. The average Bonchev–Trinajstić information content (AvgIpc) is 2.63. The first kappa shape index (κ1) is 17.3. The first-order chi connectivity index (χ1) is 12.0. The van der Waals surface area contributed by atoms with Gasteiger partial charge >= 0.3 is 0 Å². The highest BCUT2D eigenvalue weighted by molar-refractivity contribution is 7.92. The number of nitro groups is 1. The lowest BCUT2D eigenvalue weighted by Crippen LogP contribution is -2.33. The third kappa shape index (κ3) is 3.95. The third-order valence-corrected chi connectivity index (χ3v) is 5.24. The van der Waals surface area contributed by atoms with E-state index in [1.54, 1.807) is 24.3 Å². The van der Waals surface area contributed by atoms with Crippen LogP contribution >= 0.6 is 0 Å². The molecule has 0 aliphatic carbocycles. The Morgan fingerprint density at radius 1 is 1.16 bits per heavy atom. The summed E-state index contributed by atoms with van der Waals surface area (Å²) >= 11 is 0. The van der Waals surface area contributed by atoms with E-state index in [4.69, 9.17) is 4.74 Å². The van der Waals surface area contributed by atoms with E-state index in [9.17, 15) is 18.5 Å². The van der Waals surface area contributed by atoms with Crippen LogP contribution in [-0.4, -0.2) is 33.0 Å². The molecule has 0 aromatic heterocycles. The predicted octanol–water partition coefficient (Wildman–Crippen LogP) is 2.06. The van der Waals surface area contributed by atoms with Gasteiger partial charge in [-0.15, -0.1) is 0 Å². The zero-order valence-corrected chi connectivity index (χ0v) is 14.0. The van der Waals surface area contributed by atoms with Crippen LogP contribution in [-0.2, 0) is 14.8 Å². The summed E-state index contributed by atoms with van der Waals surface area (Å²) in [7, 11) is -4.06. The lowest BCUT2D eigenvalue weighted by Gasteiger charge is -2.24. The van der Waals surface area contributed by atoms with Crippen LogP contribution in [0.2, 0.25) is 0 Å². The summed E-state index contributed by atoms with van der Waals surface area (Å²) in [4.78, 5) is 9.95. The minimum atomic E-state index is -4.06. The molecule has 25 heavy (non-hydrogen) atoms. The smallest absolute Gasteiger partial charge is 0.289 e. The average molecular weight is 363 g/mol. The van der Waals surface area contributed by atoms with Gasteiger partial charge in [-0.25, -0.2) is 8.42 Å². The van der Waals surface area contributed by atoms with Gasteiger partial charge in [0.25, 0.3) is 15.7 Å². The van der Waals surface area contributed by atoms with Crippen LogP contribution in [0.1, 0.15) is 11.7 Å². The summed E-state index contributed by atoms with van der Waals surface area (Å²) in [6, 6.07) is 12.0. The van der Waals surface area contributed by atoms with Crippen molar-refractivity contribution in [3.8, 4) is 0 Å². The van der Waals surface area contributed by atoms with Gasteiger partial charge in [0, 0.05) is 24.8 Å². The van der Waals surface area contributed by atoms with Gasteiger partial charge in [-0.2, -0.15) is 0 Å². The second-order valence-electron chi connectivity index (χ2n) is 5.52. The summed E-state index contributed by atoms with van der Waals surface area (Å²) in [6.07, 6.45) is -0.0744. The fourth-order valence-corrected chi connectivity index (χ4v) is 3.82. The standard InChI is InChI=1S/C16H17N3O5S/c20-19(21)14-3-1-2-4-16(14)25(22,23)18-13-7-5-12(6-8-13)15-11-17-9-10-24-15/h1-8,15,17-18H,9-11H2. The van der Waals surface area contributed by atoms with Gasteiger partial charge in [-0.3, -0.25) is 14.8 Å². The Morgan fingerprint density at radius 3 is 2.52 bits per heavy atom. The van der Waals surface area contributed by atoms with E-state index in [0.717, 1.165) is 18.2 Å². The molecule has 3 rings (SSSR count). The van der Waals surface area contributed by atoms with Crippen molar-refractivity contribution in [2.45, 2.75) is 11.0 Å². The van der Waals surface area contributed by atoms with Crippen LogP contribution in [0.4, 0.5) is 11.4 Å². The normalized spacial score (nSPS) is 17.8. The Hall–Kier alpha value is -2.49. The second kappa shape index (κ2) is 7.18. The van der Waals surface area contributed by atoms with E-state index in [2.05, 4.69) is 10.0 Å². The fraction of sp³-hybridized carbons (Fsp3) is 0.250. The number of hydrogen-bond acceptors (Lipinski definition) is 6. The highest BCUT2D eigenvalue weighted by Crippen LogP contribution is 2.26. The molecule has 0 amide bonds. The second-order valence-corrected chi connectivity index (χ2v) is 7.17. The molecule has 1 atom stereocenters. The quantitative estimate of drug-likeness (QED) is 0.621. The molecule has 8 nitrogen and oxygen atoms in total. The fourth-order valence-electron chi connectivity index (χ4n) is 2.59. The number of ether oxygens (including phenoxy) is 1. The molecular weight excluding hydrogens is 346 g/mol. The number of morpholine rings is 1. The Kier molecular flexibility index (Phi) is 4.98. The Balaban J connectivity index is 1.80. The minimum Gasteiger partial charge on any atom is -0.371 e. The first-order valence-electron chi connectivity index (χ1n) is 7.66. The van der Waals surface area contributed by atoms with Crippen LogP contribution in [0.3, 0.4) is 0 Å². The lowest BCUT2D eigenvalue weighted by molar-refractivity contribution is -0.387. The summed E-state index contributed by atoms with van der Waals surface area (Å²) in [5.41, 5.74) is 0.791. The molecule has 0 saturated carbocycles. The SMILES string of the molecule is O=[N+]([O-])c1ccccc1S(=O)(=O)Nc1ccc(C2CNCCO2)cc1. The van der Waals surface area contributed by atoms with Gasteiger partial charge in [-0.05, 0) is 23.8 Å². The summed E-state index contributed by atoms with van der Waals surface area (Å²) < 4.78 is 32.9. The van der Waals surface area contributed by atoms with Gasteiger partial charge in [0.05, 0.1) is 17.6 Å². The number of nitrogens with zero attached hydrogens (tertiary/aromatic N) is 1. The van der Waals surface area contributed by atoms with Crippen LogP contribution in [0, 0.1) is 10.1 Å². The maximum atomic E-state index is 12.5. The van der Waals surface area contributed by atoms with Crippen molar-refractivity contribution in [2.75, 3.05) is 24.4 Å². The number of benzene rings is 2. The Bertz CT molecular complexity index is 862. The van der Waals surface area contributed by atoms with Crippen molar-refractivity contribution in [2.24, 2.45) is 0 Å². The molecule has 1 unspecified atom stereocenters. The molecule has 2 aromatic rings. The van der Waals surface area contributed by atoms with Crippen LogP contribution < -0.4 is 10.0 Å². The van der Waals surface area contributed by atoms with Crippen molar-refractivity contribution in [1.29, 1.82) is 0 Å². The highest BCUT2D eigenvalue weighted by atomic mass is 32.2. The number of nitro benzene ring substituents is 1. The van der Waals surface area contributed by atoms with Gasteiger partial charge in [0.15, 0.2) is 4.90 Å². The summed E-state index contributed by atoms with van der Waals surface area (Å²) in [6.45, 7) is 2.13. The Labute approximate surface area is 145 Å². The number of rotatable bonds is 5. The molecule has 2 aromatic carbocycles. The highest BCUT2D eigenvalue weighted by Gasteiger charge is 2.25. The van der Waals surface area contributed by atoms with Crippen molar-refractivity contribution >= 4 is 21.4 Å². The zero-order valence-electron chi connectivity index (χ0n) is 13.2. The topological polar surface area (TPSA) is 111 Å². The molecule has 2 N–H and O–H groups in total. The van der Waals surface area contributed by atoms with E-state index >= 15 is 0 Å². The van der Waals surface area contributed by atoms with E-state index in [1.807, 2.05) is 0 Å². The number of anilines is 1. The number of hydrogen-bond donors (Lipinski definition) is 2. The zero-order chi connectivity index (χ0) is 17.9. The Morgan fingerprint density at radius 2 is 1.88 bits per heavy atom. The van der Waals surface area contributed by atoms with E-state index in [0.29, 0.717) is 18.8 Å². The van der Waals surface area contributed by atoms with Gasteiger partial charge in [-0.1, -0.05) is 24.3 Å². The van der Waals surface area contributed by atoms with Gasteiger partial charge in [0.2, 0.25) is 0 Å². The summed E-state index contributed by atoms with van der Waals surface area (Å²) in [5, 5.41) is 14.3. The van der Waals surface area contributed by atoms with Crippen LogP contribution in [0.5, 0.6) is 0 Å². The van der Waals surface area contributed by atoms with E-state index < -0.39 is 20.6 Å². The van der Waals surface area contributed by atoms with Gasteiger partial charge in [0.1, 0.15) is 0 Å². The summed E-state index contributed by atoms with van der Waals surface area (Å²) in [5.74, 6) is 0. The van der Waals surface area contributed by atoms with Gasteiger partial charge < -0.3 is 10.1 Å². The molecule has 1 saturated heterocycles. The molecule has 1 fully saturated rings.